The number of nitrogens with one attached hydrogen (secondary N) is 2. The smallest absolute Gasteiger partial charge is 0.0891 e. The Morgan fingerprint density at radius 1 is 0.576 bits per heavy atom. The van der Waals surface area contributed by atoms with Crippen molar-refractivity contribution >= 4 is 57.2 Å². The lowest BCUT2D eigenvalue weighted by molar-refractivity contribution is 0.737. The third-order valence-corrected chi connectivity index (χ3v) is 11.7. The number of fused-ring (bicyclic) bond motifs is 1. The predicted molar refractivity (Wildman–Crippen MR) is 254 cm³/mol. The van der Waals surface area contributed by atoms with E-state index in [9.17, 15) is 0 Å². The van der Waals surface area contributed by atoms with Crippen LogP contribution in [0.4, 0.5) is 28.4 Å². The van der Waals surface area contributed by atoms with Crippen LogP contribution < -0.4 is 20.4 Å². The van der Waals surface area contributed by atoms with E-state index in [2.05, 4.69) is 212 Å². The second kappa shape index (κ2) is 18.1. The summed E-state index contributed by atoms with van der Waals surface area (Å²) in [4.78, 5) is 4.67. The summed E-state index contributed by atoms with van der Waals surface area (Å²) in [6.45, 7) is 8.98. The van der Waals surface area contributed by atoms with Gasteiger partial charge in [0.2, 0.25) is 0 Å². The van der Waals surface area contributed by atoms with Gasteiger partial charge in [0, 0.05) is 68.5 Å². The standard InChI is InChI=1S/C53H53N5S/c1-6-37(4)48-49(38-29-33-44(34-30-38)57(40-21-13-9-14-22-40)41-23-15-10-16-24-41)52-53(55-47(8-3)46(7-2)54-52)50(51(48)56-59-5)39-31-35-45(36-32-39)58(42-25-17-11-18-26-42)43-27-19-12-20-28-43/h9-11,13-19,21-36,54-55H,6-8,12,20H2,1-5H3/b48-37+,56-51?. The number of hydrogen-bond donors (Lipinski definition) is 2. The van der Waals surface area contributed by atoms with Crippen molar-refractivity contribution in [3.63, 3.8) is 0 Å². The number of benzene rings is 5. The van der Waals surface area contributed by atoms with Gasteiger partial charge in [0.25, 0.3) is 0 Å². The molecule has 8 rings (SSSR count). The van der Waals surface area contributed by atoms with Crippen LogP contribution in [0.3, 0.4) is 0 Å². The molecule has 0 radical (unpaired) electrons. The molecular weight excluding hydrogens is 739 g/mol. The lowest BCUT2D eigenvalue weighted by Gasteiger charge is -2.37. The van der Waals surface area contributed by atoms with Crippen LogP contribution in [0.5, 0.6) is 0 Å². The van der Waals surface area contributed by atoms with Crippen molar-refractivity contribution < 1.29 is 0 Å². The fourth-order valence-corrected chi connectivity index (χ4v) is 8.70. The van der Waals surface area contributed by atoms with Gasteiger partial charge in [0.1, 0.15) is 0 Å². The average Bonchev–Trinajstić information content (AvgIpc) is 3.30. The van der Waals surface area contributed by atoms with Crippen molar-refractivity contribution in [1.82, 2.24) is 10.6 Å². The van der Waals surface area contributed by atoms with E-state index < -0.39 is 0 Å². The Hall–Kier alpha value is -6.24. The van der Waals surface area contributed by atoms with E-state index in [1.807, 2.05) is 0 Å². The molecule has 5 aromatic rings. The predicted octanol–water partition coefficient (Wildman–Crippen LogP) is 14.3. The molecular formula is C53H53N5S. The van der Waals surface area contributed by atoms with Gasteiger partial charge in [-0.3, -0.25) is 0 Å². The van der Waals surface area contributed by atoms with Crippen LogP contribution in [0.25, 0.3) is 11.1 Å². The minimum atomic E-state index is 0.887. The summed E-state index contributed by atoms with van der Waals surface area (Å²) in [5.74, 6) is 0. The quantitative estimate of drug-likeness (QED) is 0.123. The Bertz CT molecular complexity index is 2470. The molecule has 296 valence electrons. The molecule has 0 fully saturated rings. The van der Waals surface area contributed by atoms with Crippen molar-refractivity contribution in [2.45, 2.75) is 59.8 Å². The van der Waals surface area contributed by atoms with Crippen LogP contribution in [0, 0.1) is 0 Å². The third kappa shape index (κ3) is 7.98. The first-order valence-corrected chi connectivity index (χ1v) is 22.1. The molecule has 3 aliphatic rings. The fourth-order valence-electron chi connectivity index (χ4n) is 8.33. The van der Waals surface area contributed by atoms with Gasteiger partial charge in [0.05, 0.1) is 17.1 Å². The van der Waals surface area contributed by atoms with Crippen LogP contribution in [0.2, 0.25) is 0 Å². The molecule has 2 aliphatic carbocycles. The molecule has 0 aromatic heterocycles. The van der Waals surface area contributed by atoms with Crippen molar-refractivity contribution in [3.8, 4) is 0 Å². The van der Waals surface area contributed by atoms with Crippen molar-refractivity contribution in [2.75, 3.05) is 16.1 Å². The Morgan fingerprint density at radius 2 is 1.03 bits per heavy atom. The highest BCUT2D eigenvalue weighted by atomic mass is 32.2. The molecule has 0 saturated heterocycles. The molecule has 2 N–H and O–H groups in total. The van der Waals surface area contributed by atoms with E-state index in [1.165, 1.54) is 45.8 Å². The van der Waals surface area contributed by atoms with Gasteiger partial charge in [-0.15, -0.1) is 0 Å². The minimum absolute atomic E-state index is 0.887. The lowest BCUT2D eigenvalue weighted by atomic mass is 9.77. The van der Waals surface area contributed by atoms with Crippen molar-refractivity contribution in [1.29, 1.82) is 0 Å². The average molecular weight is 792 g/mol. The van der Waals surface area contributed by atoms with Gasteiger partial charge in [-0.1, -0.05) is 117 Å². The Kier molecular flexibility index (Phi) is 12.2. The summed E-state index contributed by atoms with van der Waals surface area (Å²) in [6.07, 6.45) is 13.7. The molecule has 0 saturated carbocycles. The SMILES string of the molecule is CCC1=C(CC)NC2=C(c3ccc(N(c4ccccc4)c4ccccc4)cc3)/C(=C(/C)CC)C(=NSC)C(c3ccc(N(C4=CCCC=C4)c4ccccc4)cc3)=C2N1. The normalized spacial score (nSPS) is 16.7. The van der Waals surface area contributed by atoms with Gasteiger partial charge in [-0.2, -0.15) is 0 Å². The second-order valence-electron chi connectivity index (χ2n) is 14.9. The van der Waals surface area contributed by atoms with Crippen molar-refractivity contribution in [3.05, 3.63) is 209 Å². The van der Waals surface area contributed by atoms with Gasteiger partial charge in [-0.05, 0) is 129 Å². The lowest BCUT2D eigenvalue weighted by Crippen LogP contribution is -2.37. The summed E-state index contributed by atoms with van der Waals surface area (Å²) in [5.41, 5.74) is 19.4. The third-order valence-electron chi connectivity index (χ3n) is 11.3. The van der Waals surface area contributed by atoms with E-state index in [0.29, 0.717) is 0 Å². The number of rotatable bonds is 12. The maximum atomic E-state index is 5.32. The molecule has 0 unspecified atom stereocenters. The van der Waals surface area contributed by atoms with E-state index in [-0.39, 0.29) is 0 Å². The monoisotopic (exact) mass is 791 g/mol. The molecule has 1 aliphatic heterocycles. The second-order valence-corrected chi connectivity index (χ2v) is 15.5. The summed E-state index contributed by atoms with van der Waals surface area (Å²) in [7, 11) is 0. The highest BCUT2D eigenvalue weighted by Crippen LogP contribution is 2.46. The number of anilines is 5. The maximum Gasteiger partial charge on any atom is 0.0891 e. The molecule has 0 spiro atoms. The highest BCUT2D eigenvalue weighted by molar-refractivity contribution is 7.97. The molecule has 0 bridgehead atoms. The molecule has 6 heteroatoms. The maximum absolute atomic E-state index is 5.32. The molecule has 1 heterocycles. The first-order chi connectivity index (χ1) is 29.0. The van der Waals surface area contributed by atoms with Gasteiger partial charge < -0.3 is 20.4 Å². The van der Waals surface area contributed by atoms with Gasteiger partial charge >= 0.3 is 0 Å². The highest BCUT2D eigenvalue weighted by Gasteiger charge is 2.36. The fraction of sp³-hybridized carbons (Fsp3) is 0.189. The summed E-state index contributed by atoms with van der Waals surface area (Å²) >= 11 is 1.52. The zero-order chi connectivity index (χ0) is 40.7. The van der Waals surface area contributed by atoms with Gasteiger partial charge in [-0.25, -0.2) is 4.40 Å². The molecule has 59 heavy (non-hydrogen) atoms. The molecule has 5 aromatic carbocycles. The molecule has 0 atom stereocenters. The van der Waals surface area contributed by atoms with Crippen LogP contribution in [-0.2, 0) is 0 Å². The van der Waals surface area contributed by atoms with Crippen LogP contribution >= 0.6 is 11.9 Å². The zero-order valence-corrected chi connectivity index (χ0v) is 35.6. The minimum Gasteiger partial charge on any atom is -0.355 e. The molecule has 0 amide bonds. The van der Waals surface area contributed by atoms with Crippen LogP contribution in [-0.4, -0.2) is 12.0 Å². The van der Waals surface area contributed by atoms with Crippen LogP contribution in [0.15, 0.2) is 202 Å². The topological polar surface area (TPSA) is 42.9 Å². The Balaban J connectivity index is 1.31. The van der Waals surface area contributed by atoms with E-state index in [4.69, 9.17) is 4.40 Å². The number of allylic oxidation sites excluding steroid dienone is 9. The zero-order valence-electron chi connectivity index (χ0n) is 34.8. The van der Waals surface area contributed by atoms with Crippen LogP contribution in [0.1, 0.15) is 70.9 Å². The molecule has 5 nitrogen and oxygen atoms in total. The van der Waals surface area contributed by atoms with E-state index in [1.54, 1.807) is 0 Å². The largest absolute Gasteiger partial charge is 0.355 e. The first kappa shape index (κ1) is 39.6. The Labute approximate surface area is 355 Å². The van der Waals surface area contributed by atoms with E-state index in [0.717, 1.165) is 94.3 Å². The summed E-state index contributed by atoms with van der Waals surface area (Å²) in [6, 6.07) is 50.0. The van der Waals surface area contributed by atoms with Gasteiger partial charge in [0.15, 0.2) is 0 Å². The van der Waals surface area contributed by atoms with Crippen molar-refractivity contribution in [2.24, 2.45) is 4.40 Å². The summed E-state index contributed by atoms with van der Waals surface area (Å²) in [5, 5.41) is 8.02. The first-order valence-electron chi connectivity index (χ1n) is 20.9. The number of para-hydroxylation sites is 3. The van der Waals surface area contributed by atoms with E-state index >= 15 is 0 Å². The summed E-state index contributed by atoms with van der Waals surface area (Å²) < 4.78 is 5.32. The Morgan fingerprint density at radius 3 is 1.49 bits per heavy atom. The number of hydrogen-bond acceptors (Lipinski definition) is 6. The number of nitrogens with zero attached hydrogens (tertiary/aromatic N) is 3.